The van der Waals surface area contributed by atoms with Crippen LogP contribution < -0.4 is 5.32 Å². The number of aryl methyl sites for hydroxylation is 2. The van der Waals surface area contributed by atoms with Crippen LogP contribution in [0, 0.1) is 19.7 Å². The third-order valence-corrected chi connectivity index (χ3v) is 5.21. The Morgan fingerprint density at radius 2 is 1.90 bits per heavy atom. The molecule has 0 radical (unpaired) electrons. The van der Waals surface area contributed by atoms with Gasteiger partial charge in [-0.05, 0) is 44.2 Å². The molecule has 0 saturated heterocycles. The predicted octanol–water partition coefficient (Wildman–Crippen LogP) is 5.84. The SMILES string of the molecule is Cc1onc(-c2c(Cl)cccc2Cl)c1C(=O)Nc1ccc(-n2ccnc2C)c(F)c1. The minimum atomic E-state index is -0.523. The number of carbonyl (C=O) groups excluding carboxylic acids is 1. The van der Waals surface area contributed by atoms with Crippen LogP contribution in [0.3, 0.4) is 0 Å². The summed E-state index contributed by atoms with van der Waals surface area (Å²) in [5.41, 5.74) is 1.37. The minimum Gasteiger partial charge on any atom is -0.360 e. The van der Waals surface area contributed by atoms with E-state index in [-0.39, 0.29) is 22.7 Å². The van der Waals surface area contributed by atoms with Gasteiger partial charge in [0.1, 0.15) is 28.7 Å². The van der Waals surface area contributed by atoms with Crippen LogP contribution in [0.2, 0.25) is 10.0 Å². The second-order valence-electron chi connectivity index (χ2n) is 6.52. The third kappa shape index (κ3) is 3.58. The maximum atomic E-state index is 14.6. The van der Waals surface area contributed by atoms with E-state index in [1.165, 1.54) is 6.07 Å². The van der Waals surface area contributed by atoms with Crippen molar-refractivity contribution in [1.82, 2.24) is 14.7 Å². The summed E-state index contributed by atoms with van der Waals surface area (Å²) >= 11 is 12.5. The Kier molecular flexibility index (Phi) is 5.32. The highest BCUT2D eigenvalue weighted by Gasteiger charge is 2.25. The molecule has 0 atom stereocenters. The van der Waals surface area contributed by atoms with E-state index in [9.17, 15) is 9.18 Å². The number of hydrogen-bond donors (Lipinski definition) is 1. The van der Waals surface area contributed by atoms with Crippen LogP contribution in [0.5, 0.6) is 0 Å². The molecule has 2 heterocycles. The Labute approximate surface area is 181 Å². The van der Waals surface area contributed by atoms with Crippen molar-refractivity contribution in [2.45, 2.75) is 13.8 Å². The molecule has 1 N–H and O–H groups in total. The predicted molar refractivity (Wildman–Crippen MR) is 113 cm³/mol. The Hall–Kier alpha value is -3.16. The average Bonchev–Trinajstić information content (AvgIpc) is 3.28. The molecule has 4 rings (SSSR count). The highest BCUT2D eigenvalue weighted by Crippen LogP contribution is 2.37. The van der Waals surface area contributed by atoms with E-state index >= 15 is 0 Å². The van der Waals surface area contributed by atoms with Crippen LogP contribution in [0.25, 0.3) is 16.9 Å². The molecule has 30 heavy (non-hydrogen) atoms. The molecule has 0 spiro atoms. The topological polar surface area (TPSA) is 73.0 Å². The first-order valence-electron chi connectivity index (χ1n) is 8.88. The number of nitrogens with one attached hydrogen (secondary N) is 1. The molecule has 6 nitrogen and oxygen atoms in total. The zero-order valence-corrected chi connectivity index (χ0v) is 17.4. The molecule has 0 bridgehead atoms. The number of benzene rings is 2. The van der Waals surface area contributed by atoms with Gasteiger partial charge in [-0.1, -0.05) is 34.4 Å². The number of imidazole rings is 1. The van der Waals surface area contributed by atoms with Gasteiger partial charge < -0.3 is 14.4 Å². The first-order chi connectivity index (χ1) is 14.4. The van der Waals surface area contributed by atoms with Crippen molar-refractivity contribution in [2.75, 3.05) is 5.32 Å². The fraction of sp³-hybridized carbons (Fsp3) is 0.0952. The number of anilines is 1. The Morgan fingerprint density at radius 1 is 1.17 bits per heavy atom. The Bertz CT molecular complexity index is 1250. The van der Waals surface area contributed by atoms with Crippen molar-refractivity contribution >= 4 is 34.8 Å². The molecular weight excluding hydrogens is 430 g/mol. The number of amides is 1. The fourth-order valence-electron chi connectivity index (χ4n) is 3.14. The van der Waals surface area contributed by atoms with E-state index in [0.29, 0.717) is 27.1 Å². The van der Waals surface area contributed by atoms with Crippen LogP contribution in [-0.4, -0.2) is 20.6 Å². The quantitative estimate of drug-likeness (QED) is 0.428. The summed E-state index contributed by atoms with van der Waals surface area (Å²) in [5, 5.41) is 7.29. The van der Waals surface area contributed by atoms with E-state index in [1.807, 2.05) is 0 Å². The van der Waals surface area contributed by atoms with Crippen LogP contribution >= 0.6 is 23.2 Å². The van der Waals surface area contributed by atoms with Gasteiger partial charge in [0.15, 0.2) is 0 Å². The van der Waals surface area contributed by atoms with E-state index < -0.39 is 11.7 Å². The summed E-state index contributed by atoms with van der Waals surface area (Å²) in [6, 6.07) is 9.36. The average molecular weight is 445 g/mol. The summed E-state index contributed by atoms with van der Waals surface area (Å²) < 4.78 is 21.5. The summed E-state index contributed by atoms with van der Waals surface area (Å²) in [6.45, 7) is 3.37. The number of rotatable bonds is 4. The van der Waals surface area contributed by atoms with Crippen molar-refractivity contribution in [3.63, 3.8) is 0 Å². The second kappa shape index (κ2) is 7.93. The number of halogens is 3. The summed E-state index contributed by atoms with van der Waals surface area (Å²) in [7, 11) is 0. The smallest absolute Gasteiger partial charge is 0.261 e. The van der Waals surface area contributed by atoms with Crippen molar-refractivity contribution in [3.8, 4) is 16.9 Å². The summed E-state index contributed by atoms with van der Waals surface area (Å²) in [5.74, 6) is -0.104. The first kappa shape index (κ1) is 20.1. The molecule has 0 aliphatic carbocycles. The van der Waals surface area contributed by atoms with Crippen LogP contribution in [0.4, 0.5) is 10.1 Å². The maximum Gasteiger partial charge on any atom is 0.261 e. The van der Waals surface area contributed by atoms with E-state index in [0.717, 1.165) is 0 Å². The van der Waals surface area contributed by atoms with Crippen LogP contribution in [0.15, 0.2) is 53.3 Å². The highest BCUT2D eigenvalue weighted by atomic mass is 35.5. The van der Waals surface area contributed by atoms with Gasteiger partial charge in [-0.2, -0.15) is 0 Å². The van der Waals surface area contributed by atoms with Gasteiger partial charge >= 0.3 is 0 Å². The van der Waals surface area contributed by atoms with Gasteiger partial charge in [0.25, 0.3) is 5.91 Å². The number of hydrogen-bond acceptors (Lipinski definition) is 4. The normalized spacial score (nSPS) is 11.0. The lowest BCUT2D eigenvalue weighted by molar-refractivity contribution is 0.102. The third-order valence-electron chi connectivity index (χ3n) is 4.58. The van der Waals surface area contributed by atoms with Gasteiger partial charge in [0, 0.05) is 23.6 Å². The summed E-state index contributed by atoms with van der Waals surface area (Å²) in [6.07, 6.45) is 3.24. The molecule has 4 aromatic rings. The van der Waals surface area contributed by atoms with Crippen molar-refractivity contribution in [1.29, 1.82) is 0 Å². The van der Waals surface area contributed by atoms with Crippen LogP contribution in [-0.2, 0) is 0 Å². The molecule has 0 saturated carbocycles. The fourth-order valence-corrected chi connectivity index (χ4v) is 3.72. The molecular formula is C21H15Cl2FN4O2. The number of nitrogens with zero attached hydrogens (tertiary/aromatic N) is 3. The largest absolute Gasteiger partial charge is 0.360 e. The monoisotopic (exact) mass is 444 g/mol. The van der Waals surface area contributed by atoms with E-state index in [2.05, 4.69) is 15.5 Å². The molecule has 0 fully saturated rings. The first-order valence-corrected chi connectivity index (χ1v) is 9.64. The van der Waals surface area contributed by atoms with Crippen molar-refractivity contribution in [2.24, 2.45) is 0 Å². The highest BCUT2D eigenvalue weighted by molar-refractivity contribution is 6.39. The van der Waals surface area contributed by atoms with Gasteiger partial charge in [0.05, 0.1) is 15.7 Å². The maximum absolute atomic E-state index is 14.6. The van der Waals surface area contributed by atoms with Crippen LogP contribution in [0.1, 0.15) is 21.9 Å². The van der Waals surface area contributed by atoms with Crippen molar-refractivity contribution in [3.05, 3.63) is 81.8 Å². The molecule has 9 heteroatoms. The van der Waals surface area contributed by atoms with Gasteiger partial charge in [-0.3, -0.25) is 4.79 Å². The second-order valence-corrected chi connectivity index (χ2v) is 7.34. The van der Waals surface area contributed by atoms with E-state index in [1.54, 1.807) is 61.1 Å². The number of aromatic nitrogens is 3. The molecule has 2 aromatic carbocycles. The zero-order chi connectivity index (χ0) is 21.4. The van der Waals surface area contributed by atoms with E-state index in [4.69, 9.17) is 27.7 Å². The molecule has 0 aliphatic rings. The summed E-state index contributed by atoms with van der Waals surface area (Å²) in [4.78, 5) is 17.0. The minimum absolute atomic E-state index is 0.167. The van der Waals surface area contributed by atoms with Gasteiger partial charge in [0.2, 0.25) is 0 Å². The molecule has 0 aliphatic heterocycles. The Morgan fingerprint density at radius 3 is 2.53 bits per heavy atom. The molecule has 152 valence electrons. The molecule has 1 amide bonds. The lowest BCUT2D eigenvalue weighted by atomic mass is 10.1. The van der Waals surface area contributed by atoms with Gasteiger partial charge in [-0.25, -0.2) is 9.37 Å². The lowest BCUT2D eigenvalue weighted by Crippen LogP contribution is -2.14. The Balaban J connectivity index is 1.67. The van der Waals surface area contributed by atoms with Crippen molar-refractivity contribution < 1.29 is 13.7 Å². The van der Waals surface area contributed by atoms with Gasteiger partial charge in [-0.15, -0.1) is 0 Å². The number of carbonyl (C=O) groups is 1. The lowest BCUT2D eigenvalue weighted by Gasteiger charge is -2.10. The molecule has 0 unspecified atom stereocenters. The zero-order valence-electron chi connectivity index (χ0n) is 15.9. The standard InChI is InChI=1S/C21H15Cl2FN4O2/c1-11-18(20(27-30-11)19-14(22)4-3-5-15(19)23)21(29)26-13-6-7-17(16(24)10-13)28-9-8-25-12(28)2/h3-10H,1-2H3,(H,26,29). The molecule has 2 aromatic heterocycles.